The Hall–Kier alpha value is -0.630. The van der Waals surface area contributed by atoms with E-state index in [-0.39, 0.29) is 5.54 Å². The average molecular weight is 264 g/mol. The zero-order chi connectivity index (χ0) is 13.9. The van der Waals surface area contributed by atoms with Crippen LogP contribution in [0.1, 0.15) is 39.5 Å². The van der Waals surface area contributed by atoms with E-state index in [1.54, 1.807) is 0 Å². The highest BCUT2D eigenvalue weighted by Crippen LogP contribution is 2.33. The van der Waals surface area contributed by atoms with E-state index in [4.69, 9.17) is 0 Å². The lowest BCUT2D eigenvalue weighted by Crippen LogP contribution is -2.53. The van der Waals surface area contributed by atoms with Crippen LogP contribution in [0, 0.1) is 11.3 Å². The summed E-state index contributed by atoms with van der Waals surface area (Å²) in [6.45, 7) is 8.87. The zero-order valence-electron chi connectivity index (χ0n) is 12.7. The molecule has 1 heterocycles. The van der Waals surface area contributed by atoms with Crippen LogP contribution in [0.15, 0.2) is 0 Å². The Labute approximate surface area is 117 Å². The Morgan fingerprint density at radius 1 is 1.42 bits per heavy atom. The van der Waals surface area contributed by atoms with Crippen LogP contribution in [-0.4, -0.2) is 60.6 Å². The molecule has 0 aromatic rings. The topological polar surface area (TPSA) is 42.3 Å². The lowest BCUT2D eigenvalue weighted by molar-refractivity contribution is 0.0719. The third-order valence-corrected chi connectivity index (χ3v) is 4.92. The van der Waals surface area contributed by atoms with Crippen molar-refractivity contribution in [1.29, 1.82) is 5.26 Å². The van der Waals surface area contributed by atoms with Gasteiger partial charge in [0.1, 0.15) is 5.54 Å². The largest absolute Gasteiger partial charge is 0.301 e. The summed E-state index contributed by atoms with van der Waals surface area (Å²) in [5.74, 6) is 0. The van der Waals surface area contributed by atoms with Crippen LogP contribution in [0.2, 0.25) is 0 Å². The van der Waals surface area contributed by atoms with Crippen molar-refractivity contribution < 1.29 is 0 Å². The van der Waals surface area contributed by atoms with E-state index < -0.39 is 0 Å². The summed E-state index contributed by atoms with van der Waals surface area (Å²) >= 11 is 0. The normalized spacial score (nSPS) is 37.4. The van der Waals surface area contributed by atoms with E-state index in [1.807, 2.05) is 0 Å². The van der Waals surface area contributed by atoms with Crippen LogP contribution in [-0.2, 0) is 0 Å². The summed E-state index contributed by atoms with van der Waals surface area (Å²) in [6.07, 6.45) is 4.27. The van der Waals surface area contributed by atoms with E-state index in [9.17, 15) is 5.26 Å². The van der Waals surface area contributed by atoms with Crippen LogP contribution in [0.25, 0.3) is 0 Å². The van der Waals surface area contributed by atoms with Crippen molar-refractivity contribution in [3.63, 3.8) is 0 Å². The molecule has 0 bridgehead atoms. The molecule has 1 saturated carbocycles. The fourth-order valence-electron chi connectivity index (χ4n) is 3.41. The fraction of sp³-hybridized carbons (Fsp3) is 0.933. The highest BCUT2D eigenvalue weighted by molar-refractivity contribution is 5.13. The first-order valence-corrected chi connectivity index (χ1v) is 7.71. The molecule has 3 unspecified atom stereocenters. The summed E-state index contributed by atoms with van der Waals surface area (Å²) in [6, 6.07) is 3.78. The predicted octanol–water partition coefficient (Wildman–Crippen LogP) is 1.44. The molecule has 0 amide bonds. The molecule has 0 radical (unpaired) electrons. The van der Waals surface area contributed by atoms with Crippen molar-refractivity contribution in [2.75, 3.05) is 33.2 Å². The maximum Gasteiger partial charge on any atom is 0.108 e. The Kier molecular flexibility index (Phi) is 4.83. The third-order valence-electron chi connectivity index (χ3n) is 4.92. The van der Waals surface area contributed by atoms with Crippen LogP contribution < -0.4 is 5.32 Å². The van der Waals surface area contributed by atoms with Crippen molar-refractivity contribution >= 4 is 0 Å². The quantitative estimate of drug-likeness (QED) is 0.834. The van der Waals surface area contributed by atoms with Gasteiger partial charge in [0.25, 0.3) is 0 Å². The van der Waals surface area contributed by atoms with Crippen molar-refractivity contribution in [3.05, 3.63) is 0 Å². The molecule has 2 fully saturated rings. The lowest BCUT2D eigenvalue weighted by Gasteiger charge is -2.41. The molecule has 1 saturated heterocycles. The summed E-state index contributed by atoms with van der Waals surface area (Å²) < 4.78 is 0. The number of likely N-dealkylation sites (N-methyl/N-ethyl adjacent to an activating group) is 1. The molecule has 2 rings (SSSR count). The minimum Gasteiger partial charge on any atom is -0.301 e. The molecule has 0 spiro atoms. The highest BCUT2D eigenvalue weighted by atomic mass is 15.3. The first-order valence-electron chi connectivity index (χ1n) is 7.71. The maximum atomic E-state index is 9.51. The molecule has 1 aliphatic heterocycles. The van der Waals surface area contributed by atoms with Gasteiger partial charge < -0.3 is 4.90 Å². The second kappa shape index (κ2) is 6.21. The Balaban J connectivity index is 1.92. The smallest absolute Gasteiger partial charge is 0.108 e. The standard InChI is InChI=1S/C15H28N4/c1-4-7-17-15(12-16)6-5-14(10-15)19-9-8-18(3)13(2)11-19/h13-14,17H,4-11H2,1-3H3. The van der Waals surface area contributed by atoms with Crippen molar-refractivity contribution in [2.24, 2.45) is 0 Å². The van der Waals surface area contributed by atoms with E-state index in [0.717, 1.165) is 45.4 Å². The molecule has 4 nitrogen and oxygen atoms in total. The van der Waals surface area contributed by atoms with Gasteiger partial charge in [0, 0.05) is 31.7 Å². The number of nitrogens with one attached hydrogen (secondary N) is 1. The minimum atomic E-state index is -0.257. The Morgan fingerprint density at radius 3 is 2.84 bits per heavy atom. The van der Waals surface area contributed by atoms with E-state index >= 15 is 0 Å². The van der Waals surface area contributed by atoms with Gasteiger partial charge in [-0.25, -0.2) is 0 Å². The summed E-state index contributed by atoms with van der Waals surface area (Å²) in [5.41, 5.74) is -0.257. The second-order valence-corrected chi connectivity index (χ2v) is 6.34. The summed E-state index contributed by atoms with van der Waals surface area (Å²) in [7, 11) is 2.21. The number of nitrogens with zero attached hydrogens (tertiary/aromatic N) is 3. The van der Waals surface area contributed by atoms with Crippen LogP contribution in [0.4, 0.5) is 0 Å². The molecule has 1 aliphatic carbocycles. The number of hydrogen-bond acceptors (Lipinski definition) is 4. The molecule has 3 atom stereocenters. The number of nitriles is 1. The average Bonchev–Trinajstić information content (AvgIpc) is 2.85. The van der Waals surface area contributed by atoms with Gasteiger partial charge in [-0.05, 0) is 46.2 Å². The van der Waals surface area contributed by atoms with Crippen molar-refractivity contribution in [2.45, 2.75) is 57.2 Å². The Bertz CT molecular complexity index is 338. The highest BCUT2D eigenvalue weighted by Gasteiger charge is 2.42. The summed E-state index contributed by atoms with van der Waals surface area (Å²) in [5, 5.41) is 13.0. The molecule has 2 aliphatic rings. The minimum absolute atomic E-state index is 0.257. The molecule has 1 N–H and O–H groups in total. The van der Waals surface area contributed by atoms with E-state index in [1.165, 1.54) is 6.42 Å². The van der Waals surface area contributed by atoms with Crippen LogP contribution in [0.3, 0.4) is 0 Å². The summed E-state index contributed by atoms with van der Waals surface area (Å²) in [4.78, 5) is 5.04. The van der Waals surface area contributed by atoms with Gasteiger partial charge in [-0.15, -0.1) is 0 Å². The Morgan fingerprint density at radius 2 is 2.21 bits per heavy atom. The van der Waals surface area contributed by atoms with Gasteiger partial charge in [-0.1, -0.05) is 6.92 Å². The van der Waals surface area contributed by atoms with Crippen LogP contribution >= 0.6 is 0 Å². The maximum absolute atomic E-state index is 9.51. The fourth-order valence-corrected chi connectivity index (χ4v) is 3.41. The predicted molar refractivity (Wildman–Crippen MR) is 77.9 cm³/mol. The molecule has 4 heteroatoms. The van der Waals surface area contributed by atoms with Crippen LogP contribution in [0.5, 0.6) is 0 Å². The molecular weight excluding hydrogens is 236 g/mol. The molecule has 0 aromatic carbocycles. The second-order valence-electron chi connectivity index (χ2n) is 6.34. The SMILES string of the molecule is CCCNC1(C#N)CCC(N2CCN(C)C(C)C2)C1. The first kappa shape index (κ1) is 14.8. The number of hydrogen-bond donors (Lipinski definition) is 1. The van der Waals surface area contributed by atoms with Gasteiger partial charge in [0.15, 0.2) is 0 Å². The molecule has 108 valence electrons. The first-order chi connectivity index (χ1) is 9.10. The van der Waals surface area contributed by atoms with Gasteiger partial charge in [0.2, 0.25) is 0 Å². The van der Waals surface area contributed by atoms with Crippen molar-refractivity contribution in [3.8, 4) is 6.07 Å². The van der Waals surface area contributed by atoms with E-state index in [0.29, 0.717) is 12.1 Å². The molecule has 0 aromatic heterocycles. The molecule has 19 heavy (non-hydrogen) atoms. The lowest BCUT2D eigenvalue weighted by atomic mass is 9.98. The molecular formula is C15H28N4. The van der Waals surface area contributed by atoms with Gasteiger partial charge >= 0.3 is 0 Å². The monoisotopic (exact) mass is 264 g/mol. The number of piperazine rings is 1. The van der Waals surface area contributed by atoms with Gasteiger partial charge in [-0.2, -0.15) is 5.26 Å². The van der Waals surface area contributed by atoms with Gasteiger partial charge in [-0.3, -0.25) is 10.2 Å². The third kappa shape index (κ3) is 3.28. The number of rotatable bonds is 4. The zero-order valence-corrected chi connectivity index (χ0v) is 12.7. The van der Waals surface area contributed by atoms with Crippen molar-refractivity contribution in [1.82, 2.24) is 15.1 Å². The van der Waals surface area contributed by atoms with Gasteiger partial charge in [0.05, 0.1) is 6.07 Å². The van der Waals surface area contributed by atoms with E-state index in [2.05, 4.69) is 42.1 Å².